The summed E-state index contributed by atoms with van der Waals surface area (Å²) in [7, 11) is 3.23. The number of ether oxygens (including phenoxy) is 2. The van der Waals surface area contributed by atoms with Crippen molar-refractivity contribution in [2.75, 3.05) is 19.5 Å². The van der Waals surface area contributed by atoms with Crippen LogP contribution in [-0.2, 0) is 6.54 Å². The van der Waals surface area contributed by atoms with Crippen LogP contribution in [0.2, 0.25) is 0 Å². The van der Waals surface area contributed by atoms with Crippen molar-refractivity contribution in [1.29, 1.82) is 0 Å². The third kappa shape index (κ3) is 3.20. The largest absolute Gasteiger partial charge is 0.497 e. The van der Waals surface area contributed by atoms with Gasteiger partial charge in [-0.05, 0) is 36.8 Å². The van der Waals surface area contributed by atoms with Gasteiger partial charge in [0, 0.05) is 23.9 Å². The first-order valence-corrected chi connectivity index (χ1v) is 6.35. The first-order chi connectivity index (χ1) is 9.63. The number of rotatable bonds is 5. The minimum Gasteiger partial charge on any atom is -0.497 e. The van der Waals surface area contributed by atoms with E-state index < -0.39 is 0 Å². The van der Waals surface area contributed by atoms with Crippen molar-refractivity contribution in [3.63, 3.8) is 0 Å². The number of nitrogens with one attached hydrogen (secondary N) is 1. The van der Waals surface area contributed by atoms with Gasteiger partial charge in [-0.1, -0.05) is 6.07 Å². The van der Waals surface area contributed by atoms with Crippen LogP contribution in [0.15, 0.2) is 36.4 Å². The molecule has 20 heavy (non-hydrogen) atoms. The van der Waals surface area contributed by atoms with Gasteiger partial charge in [0.15, 0.2) is 0 Å². The molecule has 0 aromatic heterocycles. The van der Waals surface area contributed by atoms with E-state index in [-0.39, 0.29) is 5.82 Å². The first-order valence-electron chi connectivity index (χ1n) is 6.35. The van der Waals surface area contributed by atoms with Crippen molar-refractivity contribution in [3.05, 3.63) is 53.3 Å². The summed E-state index contributed by atoms with van der Waals surface area (Å²) in [6.45, 7) is 2.32. The molecule has 0 amide bonds. The van der Waals surface area contributed by atoms with Gasteiger partial charge < -0.3 is 14.8 Å². The fraction of sp³-hybridized carbons (Fsp3) is 0.250. The van der Waals surface area contributed by atoms with Gasteiger partial charge in [0.25, 0.3) is 0 Å². The van der Waals surface area contributed by atoms with Crippen molar-refractivity contribution < 1.29 is 13.9 Å². The van der Waals surface area contributed by atoms with Crippen LogP contribution in [0.25, 0.3) is 0 Å². The Hall–Kier alpha value is -2.23. The minimum atomic E-state index is -0.210. The maximum atomic E-state index is 13.5. The molecule has 0 heterocycles. The average Bonchev–Trinajstić information content (AvgIpc) is 2.48. The number of halogens is 1. The number of hydrogen-bond donors (Lipinski definition) is 1. The zero-order valence-corrected chi connectivity index (χ0v) is 11.9. The van der Waals surface area contributed by atoms with Crippen molar-refractivity contribution in [2.45, 2.75) is 13.5 Å². The molecular weight excluding hydrogens is 257 g/mol. The summed E-state index contributed by atoms with van der Waals surface area (Å²) < 4.78 is 23.9. The lowest BCUT2D eigenvalue weighted by Crippen LogP contribution is -2.02. The van der Waals surface area contributed by atoms with Crippen LogP contribution < -0.4 is 14.8 Å². The molecule has 3 nitrogen and oxygen atoms in total. The molecule has 0 aliphatic carbocycles. The predicted molar refractivity (Wildman–Crippen MR) is 78.0 cm³/mol. The van der Waals surface area contributed by atoms with E-state index in [4.69, 9.17) is 9.47 Å². The number of benzene rings is 2. The third-order valence-electron chi connectivity index (χ3n) is 3.16. The van der Waals surface area contributed by atoms with Gasteiger partial charge in [-0.2, -0.15) is 0 Å². The highest BCUT2D eigenvalue weighted by atomic mass is 19.1. The van der Waals surface area contributed by atoms with Gasteiger partial charge in [0.2, 0.25) is 0 Å². The van der Waals surface area contributed by atoms with Crippen LogP contribution in [0, 0.1) is 12.7 Å². The molecule has 0 radical (unpaired) electrons. The van der Waals surface area contributed by atoms with Crippen molar-refractivity contribution in [3.8, 4) is 11.5 Å². The Bertz CT molecular complexity index is 577. The topological polar surface area (TPSA) is 30.5 Å². The van der Waals surface area contributed by atoms with Gasteiger partial charge in [-0.15, -0.1) is 0 Å². The molecule has 0 fully saturated rings. The van der Waals surface area contributed by atoms with Crippen LogP contribution in [-0.4, -0.2) is 14.2 Å². The molecule has 0 unspecified atom stereocenters. The second-order valence-electron chi connectivity index (χ2n) is 4.49. The standard InChI is InChI=1S/C16H18FNO2/c1-11-15(17)5-4-6-16(11)18-10-12-7-13(19-2)9-14(8-12)20-3/h4-9,18H,10H2,1-3H3. The quantitative estimate of drug-likeness (QED) is 0.901. The third-order valence-corrected chi connectivity index (χ3v) is 3.16. The summed E-state index contributed by atoms with van der Waals surface area (Å²) in [6.07, 6.45) is 0. The van der Waals surface area contributed by atoms with Crippen LogP contribution in [0.1, 0.15) is 11.1 Å². The highest BCUT2D eigenvalue weighted by Gasteiger charge is 2.05. The Morgan fingerprint density at radius 3 is 2.30 bits per heavy atom. The lowest BCUT2D eigenvalue weighted by molar-refractivity contribution is 0.393. The summed E-state index contributed by atoms with van der Waals surface area (Å²) in [6, 6.07) is 10.7. The molecule has 1 N–H and O–H groups in total. The van der Waals surface area contributed by atoms with E-state index in [9.17, 15) is 4.39 Å². The summed E-state index contributed by atoms with van der Waals surface area (Å²) in [5.74, 6) is 1.26. The Kier molecular flexibility index (Phi) is 4.45. The SMILES string of the molecule is COc1cc(CNc2cccc(F)c2C)cc(OC)c1. The highest BCUT2D eigenvalue weighted by Crippen LogP contribution is 2.24. The monoisotopic (exact) mass is 275 g/mol. The molecule has 0 aliphatic heterocycles. The zero-order chi connectivity index (χ0) is 14.5. The molecule has 0 atom stereocenters. The molecular formula is C16H18FNO2. The average molecular weight is 275 g/mol. The lowest BCUT2D eigenvalue weighted by atomic mass is 10.1. The fourth-order valence-corrected chi connectivity index (χ4v) is 1.96. The molecule has 0 saturated heterocycles. The predicted octanol–water partition coefficient (Wildman–Crippen LogP) is 3.76. The zero-order valence-electron chi connectivity index (χ0n) is 11.9. The second-order valence-corrected chi connectivity index (χ2v) is 4.49. The molecule has 106 valence electrons. The van der Waals surface area contributed by atoms with E-state index in [1.54, 1.807) is 27.2 Å². The summed E-state index contributed by atoms with van der Waals surface area (Å²) in [4.78, 5) is 0. The Labute approximate surface area is 118 Å². The van der Waals surface area contributed by atoms with Gasteiger partial charge >= 0.3 is 0 Å². The van der Waals surface area contributed by atoms with Crippen LogP contribution in [0.3, 0.4) is 0 Å². The van der Waals surface area contributed by atoms with E-state index in [1.165, 1.54) is 6.07 Å². The molecule has 0 aliphatic rings. The highest BCUT2D eigenvalue weighted by molar-refractivity contribution is 5.51. The molecule has 2 aromatic rings. The van der Waals surface area contributed by atoms with Crippen molar-refractivity contribution >= 4 is 5.69 Å². The van der Waals surface area contributed by atoms with Crippen LogP contribution in [0.4, 0.5) is 10.1 Å². The minimum absolute atomic E-state index is 0.210. The smallest absolute Gasteiger partial charge is 0.128 e. The maximum absolute atomic E-state index is 13.5. The summed E-state index contributed by atoms with van der Waals surface area (Å²) >= 11 is 0. The first kappa shape index (κ1) is 14.2. The van der Waals surface area contributed by atoms with E-state index in [0.717, 1.165) is 22.7 Å². The van der Waals surface area contributed by atoms with Crippen LogP contribution in [0.5, 0.6) is 11.5 Å². The van der Waals surface area contributed by atoms with E-state index in [2.05, 4.69) is 5.32 Å². The van der Waals surface area contributed by atoms with E-state index in [1.807, 2.05) is 24.3 Å². The van der Waals surface area contributed by atoms with Crippen molar-refractivity contribution in [2.24, 2.45) is 0 Å². The fourth-order valence-electron chi connectivity index (χ4n) is 1.96. The molecule has 2 rings (SSSR count). The van der Waals surface area contributed by atoms with Crippen molar-refractivity contribution in [1.82, 2.24) is 0 Å². The molecule has 4 heteroatoms. The number of hydrogen-bond acceptors (Lipinski definition) is 3. The molecule has 0 spiro atoms. The van der Waals surface area contributed by atoms with Gasteiger partial charge in [0.1, 0.15) is 17.3 Å². The number of anilines is 1. The Balaban J connectivity index is 2.16. The summed E-state index contributed by atoms with van der Waals surface area (Å²) in [5, 5.41) is 3.22. The molecule has 2 aromatic carbocycles. The van der Waals surface area contributed by atoms with E-state index in [0.29, 0.717) is 12.1 Å². The Morgan fingerprint density at radius 1 is 1.05 bits per heavy atom. The maximum Gasteiger partial charge on any atom is 0.128 e. The second kappa shape index (κ2) is 6.28. The Morgan fingerprint density at radius 2 is 1.70 bits per heavy atom. The summed E-state index contributed by atoms with van der Waals surface area (Å²) in [5.41, 5.74) is 2.40. The lowest BCUT2D eigenvalue weighted by Gasteiger charge is -2.12. The molecule has 0 saturated carbocycles. The van der Waals surface area contributed by atoms with Crippen LogP contribution >= 0.6 is 0 Å². The molecule has 0 bridgehead atoms. The van der Waals surface area contributed by atoms with Gasteiger partial charge in [-0.25, -0.2) is 4.39 Å². The van der Waals surface area contributed by atoms with E-state index >= 15 is 0 Å². The normalized spacial score (nSPS) is 10.2. The van der Waals surface area contributed by atoms with Gasteiger partial charge in [-0.3, -0.25) is 0 Å². The van der Waals surface area contributed by atoms with Gasteiger partial charge in [0.05, 0.1) is 14.2 Å². The number of methoxy groups -OCH3 is 2.